The largest absolute Gasteiger partial charge is 0.490 e. The molecule has 4 heteroatoms. The molecule has 0 aliphatic carbocycles. The Bertz CT molecular complexity index is 783. The van der Waals surface area contributed by atoms with Crippen molar-refractivity contribution in [3.63, 3.8) is 0 Å². The van der Waals surface area contributed by atoms with E-state index in [1.807, 2.05) is 19.1 Å². The molecule has 0 amide bonds. The zero-order valence-electron chi connectivity index (χ0n) is 15.5. The Kier molecular flexibility index (Phi) is 5.27. The Morgan fingerprint density at radius 3 is 2.60 bits per heavy atom. The predicted molar refractivity (Wildman–Crippen MR) is 102 cm³/mol. The van der Waals surface area contributed by atoms with E-state index >= 15 is 0 Å². The molecule has 2 aromatic rings. The molecule has 0 radical (unpaired) electrons. The fourth-order valence-corrected chi connectivity index (χ4v) is 2.99. The first-order valence-corrected chi connectivity index (χ1v) is 8.80. The number of aryl methyl sites for hydroxylation is 2. The van der Waals surface area contributed by atoms with E-state index in [1.54, 1.807) is 0 Å². The van der Waals surface area contributed by atoms with Gasteiger partial charge in [0.15, 0.2) is 11.5 Å². The zero-order valence-corrected chi connectivity index (χ0v) is 15.5. The summed E-state index contributed by atoms with van der Waals surface area (Å²) in [6.45, 7) is 9.14. The van der Waals surface area contributed by atoms with Crippen LogP contribution in [0.2, 0.25) is 0 Å². The number of hydrogen-bond acceptors (Lipinski definition) is 4. The summed E-state index contributed by atoms with van der Waals surface area (Å²) in [4.78, 5) is 6.75. The highest BCUT2D eigenvalue weighted by Gasteiger charge is 2.17. The Labute approximate surface area is 150 Å². The first-order chi connectivity index (χ1) is 12.1. The predicted octanol–water partition coefficient (Wildman–Crippen LogP) is 3.97. The lowest BCUT2D eigenvalue weighted by Gasteiger charge is -2.17. The number of nitrogens with zero attached hydrogens (tertiary/aromatic N) is 2. The topological polar surface area (TPSA) is 34.1 Å². The summed E-state index contributed by atoms with van der Waals surface area (Å²) < 4.78 is 11.9. The van der Waals surface area contributed by atoms with Crippen LogP contribution in [0.25, 0.3) is 0 Å². The van der Waals surface area contributed by atoms with Crippen molar-refractivity contribution < 1.29 is 9.47 Å². The summed E-state index contributed by atoms with van der Waals surface area (Å²) in [5.74, 6) is 2.56. The van der Waals surface area contributed by atoms with Crippen molar-refractivity contribution in [3.8, 4) is 11.5 Å². The highest BCUT2D eigenvalue weighted by molar-refractivity contribution is 6.00. The minimum Gasteiger partial charge on any atom is -0.490 e. The van der Waals surface area contributed by atoms with Crippen LogP contribution in [0, 0.1) is 13.8 Å². The van der Waals surface area contributed by atoms with E-state index in [1.165, 1.54) is 16.7 Å². The summed E-state index contributed by atoms with van der Waals surface area (Å²) in [5.41, 5.74) is 4.75. The van der Waals surface area contributed by atoms with E-state index in [4.69, 9.17) is 9.47 Å². The van der Waals surface area contributed by atoms with Gasteiger partial charge in [-0.25, -0.2) is 0 Å². The SMILES string of the molecule is CCOc1cc(C2=NCCN2C)ccc1OCc1cc(C)ccc1C. The Morgan fingerprint density at radius 1 is 1.04 bits per heavy atom. The summed E-state index contributed by atoms with van der Waals surface area (Å²) in [6.07, 6.45) is 0. The molecule has 0 bridgehead atoms. The third kappa shape index (κ3) is 3.95. The highest BCUT2D eigenvalue weighted by atomic mass is 16.5. The van der Waals surface area contributed by atoms with Crippen LogP contribution >= 0.6 is 0 Å². The summed E-state index contributed by atoms with van der Waals surface area (Å²) in [6, 6.07) is 12.5. The fourth-order valence-electron chi connectivity index (χ4n) is 2.99. The molecule has 1 aliphatic heterocycles. The first-order valence-electron chi connectivity index (χ1n) is 8.80. The van der Waals surface area contributed by atoms with E-state index in [2.05, 4.69) is 55.1 Å². The number of ether oxygens (including phenoxy) is 2. The van der Waals surface area contributed by atoms with Gasteiger partial charge >= 0.3 is 0 Å². The normalized spacial score (nSPS) is 13.8. The molecule has 0 aromatic heterocycles. The van der Waals surface area contributed by atoms with Crippen LogP contribution < -0.4 is 9.47 Å². The number of aliphatic imine (C=N–C) groups is 1. The second kappa shape index (κ2) is 7.60. The van der Waals surface area contributed by atoms with Crippen molar-refractivity contribution in [3.05, 3.63) is 58.7 Å². The van der Waals surface area contributed by atoms with E-state index in [0.717, 1.165) is 36.0 Å². The van der Waals surface area contributed by atoms with Gasteiger partial charge in [-0.1, -0.05) is 23.8 Å². The third-order valence-corrected chi connectivity index (χ3v) is 4.45. The van der Waals surface area contributed by atoms with Crippen molar-refractivity contribution in [2.24, 2.45) is 4.99 Å². The maximum Gasteiger partial charge on any atom is 0.161 e. The zero-order chi connectivity index (χ0) is 17.8. The molecule has 2 aromatic carbocycles. The molecular formula is C21H26N2O2. The van der Waals surface area contributed by atoms with Gasteiger partial charge in [0.25, 0.3) is 0 Å². The van der Waals surface area contributed by atoms with E-state index in [-0.39, 0.29) is 0 Å². The second-order valence-electron chi connectivity index (χ2n) is 6.44. The molecule has 0 unspecified atom stereocenters. The summed E-state index contributed by atoms with van der Waals surface area (Å²) in [5, 5.41) is 0. The maximum atomic E-state index is 6.08. The number of rotatable bonds is 6. The molecule has 1 heterocycles. The third-order valence-electron chi connectivity index (χ3n) is 4.45. The first kappa shape index (κ1) is 17.3. The van der Waals surface area contributed by atoms with Gasteiger partial charge in [0.05, 0.1) is 13.2 Å². The average molecular weight is 338 g/mol. The van der Waals surface area contributed by atoms with Crippen LogP contribution in [0.5, 0.6) is 11.5 Å². The summed E-state index contributed by atoms with van der Waals surface area (Å²) >= 11 is 0. The Hall–Kier alpha value is -2.49. The molecule has 25 heavy (non-hydrogen) atoms. The van der Waals surface area contributed by atoms with Crippen LogP contribution in [-0.4, -0.2) is 37.5 Å². The monoisotopic (exact) mass is 338 g/mol. The Balaban J connectivity index is 1.82. The van der Waals surface area contributed by atoms with Gasteiger partial charge in [0, 0.05) is 19.2 Å². The van der Waals surface area contributed by atoms with Gasteiger partial charge in [0.1, 0.15) is 12.4 Å². The molecule has 1 aliphatic rings. The molecule has 0 fully saturated rings. The van der Waals surface area contributed by atoms with Crippen LogP contribution in [0.15, 0.2) is 41.4 Å². The van der Waals surface area contributed by atoms with Crippen LogP contribution in [-0.2, 0) is 6.61 Å². The summed E-state index contributed by atoms with van der Waals surface area (Å²) in [7, 11) is 2.07. The maximum absolute atomic E-state index is 6.08. The lowest BCUT2D eigenvalue weighted by Crippen LogP contribution is -2.23. The fraction of sp³-hybridized carbons (Fsp3) is 0.381. The van der Waals surface area contributed by atoms with Gasteiger partial charge in [-0.2, -0.15) is 0 Å². The Morgan fingerprint density at radius 2 is 1.88 bits per heavy atom. The van der Waals surface area contributed by atoms with Gasteiger partial charge in [-0.05, 0) is 50.1 Å². The molecule has 132 valence electrons. The van der Waals surface area contributed by atoms with E-state index < -0.39 is 0 Å². The quantitative estimate of drug-likeness (QED) is 0.799. The molecule has 0 spiro atoms. The van der Waals surface area contributed by atoms with Gasteiger partial charge in [-0.15, -0.1) is 0 Å². The van der Waals surface area contributed by atoms with Gasteiger partial charge < -0.3 is 14.4 Å². The van der Waals surface area contributed by atoms with Gasteiger partial charge in [0.2, 0.25) is 0 Å². The smallest absolute Gasteiger partial charge is 0.161 e. The lowest BCUT2D eigenvalue weighted by molar-refractivity contribution is 0.269. The van der Waals surface area contributed by atoms with E-state index in [0.29, 0.717) is 13.2 Å². The molecular weight excluding hydrogens is 312 g/mol. The number of hydrogen-bond donors (Lipinski definition) is 0. The second-order valence-corrected chi connectivity index (χ2v) is 6.44. The highest BCUT2D eigenvalue weighted by Crippen LogP contribution is 2.30. The lowest BCUT2D eigenvalue weighted by atomic mass is 10.1. The molecule has 0 saturated carbocycles. The minimum absolute atomic E-state index is 0.535. The average Bonchev–Trinajstić information content (AvgIpc) is 3.03. The number of amidine groups is 1. The number of benzene rings is 2. The molecule has 0 N–H and O–H groups in total. The van der Waals surface area contributed by atoms with Crippen LogP contribution in [0.3, 0.4) is 0 Å². The number of likely N-dealkylation sites (N-methyl/N-ethyl adjacent to an activating group) is 1. The minimum atomic E-state index is 0.535. The molecule has 0 atom stereocenters. The van der Waals surface area contributed by atoms with E-state index in [9.17, 15) is 0 Å². The van der Waals surface area contributed by atoms with Crippen molar-refractivity contribution in [2.75, 3.05) is 26.7 Å². The van der Waals surface area contributed by atoms with Crippen molar-refractivity contribution in [1.82, 2.24) is 4.90 Å². The van der Waals surface area contributed by atoms with Crippen molar-refractivity contribution in [2.45, 2.75) is 27.4 Å². The molecule has 0 saturated heterocycles. The van der Waals surface area contributed by atoms with Crippen LogP contribution in [0.4, 0.5) is 0 Å². The van der Waals surface area contributed by atoms with Crippen molar-refractivity contribution in [1.29, 1.82) is 0 Å². The molecule has 3 rings (SSSR count). The van der Waals surface area contributed by atoms with Gasteiger partial charge in [-0.3, -0.25) is 4.99 Å². The molecule has 4 nitrogen and oxygen atoms in total. The van der Waals surface area contributed by atoms with Crippen LogP contribution in [0.1, 0.15) is 29.2 Å². The standard InChI is InChI=1S/C21H26N2O2/c1-5-24-20-13-17(21-22-10-11-23(21)4)8-9-19(20)25-14-18-12-15(2)6-7-16(18)3/h6-9,12-13H,5,10-11,14H2,1-4H3. The van der Waals surface area contributed by atoms with Crippen molar-refractivity contribution >= 4 is 5.84 Å².